The van der Waals surface area contributed by atoms with Gasteiger partial charge < -0.3 is 4.74 Å². The third-order valence-corrected chi connectivity index (χ3v) is 2.81. The maximum absolute atomic E-state index is 5.89. The van der Waals surface area contributed by atoms with Gasteiger partial charge in [0.25, 0.3) is 0 Å². The molecule has 12 heavy (non-hydrogen) atoms. The van der Waals surface area contributed by atoms with E-state index >= 15 is 0 Å². The van der Waals surface area contributed by atoms with Crippen LogP contribution in [0.3, 0.4) is 0 Å². The minimum atomic E-state index is 0.405. The van der Waals surface area contributed by atoms with E-state index < -0.39 is 0 Å². The van der Waals surface area contributed by atoms with Gasteiger partial charge in [-0.2, -0.15) is 0 Å². The van der Waals surface area contributed by atoms with Crippen LogP contribution in [0, 0.1) is 5.92 Å². The fraction of sp³-hybridized carbons (Fsp3) is 1.00. The first-order valence-electron chi connectivity index (χ1n) is 5.39. The van der Waals surface area contributed by atoms with Gasteiger partial charge in [-0.05, 0) is 32.6 Å². The largest absolute Gasteiger partial charge is 0.375 e. The second kappa shape index (κ2) is 4.86. The van der Waals surface area contributed by atoms with Crippen molar-refractivity contribution in [3.8, 4) is 0 Å². The van der Waals surface area contributed by atoms with Crippen LogP contribution in [0.25, 0.3) is 0 Å². The van der Waals surface area contributed by atoms with Crippen molar-refractivity contribution in [1.29, 1.82) is 0 Å². The number of hydrogen-bond acceptors (Lipinski definition) is 1. The molecule has 2 atom stereocenters. The van der Waals surface area contributed by atoms with E-state index in [0.717, 1.165) is 5.92 Å². The Labute approximate surface area is 76.5 Å². The fourth-order valence-corrected chi connectivity index (χ4v) is 2.17. The molecule has 0 aromatic rings. The van der Waals surface area contributed by atoms with Gasteiger partial charge in [-0.3, -0.25) is 0 Å². The smallest absolute Gasteiger partial charge is 0.0606 e. The summed E-state index contributed by atoms with van der Waals surface area (Å²) in [5.74, 6) is 0.834. The Morgan fingerprint density at radius 1 is 1.25 bits per heavy atom. The number of hydrogen-bond donors (Lipinski definition) is 0. The lowest BCUT2D eigenvalue weighted by atomic mass is 9.84. The van der Waals surface area contributed by atoms with Crippen LogP contribution in [0.5, 0.6) is 0 Å². The van der Waals surface area contributed by atoms with Gasteiger partial charge in [-0.1, -0.05) is 26.2 Å². The average Bonchev–Trinajstić information content (AvgIpc) is 2.04. The molecule has 72 valence electrons. The summed E-state index contributed by atoms with van der Waals surface area (Å²) in [5.41, 5.74) is 0. The van der Waals surface area contributed by atoms with E-state index in [1.807, 2.05) is 0 Å². The van der Waals surface area contributed by atoms with Gasteiger partial charge in [0, 0.05) is 0 Å². The molecule has 1 rings (SSSR count). The predicted molar refractivity (Wildman–Crippen MR) is 52.3 cm³/mol. The summed E-state index contributed by atoms with van der Waals surface area (Å²) in [5, 5.41) is 0. The van der Waals surface area contributed by atoms with E-state index in [2.05, 4.69) is 20.8 Å². The second-order valence-corrected chi connectivity index (χ2v) is 4.18. The molecule has 1 aliphatic carbocycles. The highest BCUT2D eigenvalue weighted by molar-refractivity contribution is 4.75. The maximum Gasteiger partial charge on any atom is 0.0606 e. The van der Waals surface area contributed by atoms with Crippen molar-refractivity contribution in [2.24, 2.45) is 5.92 Å². The molecular formula is C11H22O. The van der Waals surface area contributed by atoms with Crippen molar-refractivity contribution in [3.63, 3.8) is 0 Å². The van der Waals surface area contributed by atoms with Gasteiger partial charge in [-0.25, -0.2) is 0 Å². The topological polar surface area (TPSA) is 9.23 Å². The van der Waals surface area contributed by atoms with Gasteiger partial charge >= 0.3 is 0 Å². The van der Waals surface area contributed by atoms with Crippen molar-refractivity contribution in [2.45, 2.75) is 65.1 Å². The second-order valence-electron chi connectivity index (χ2n) is 4.18. The molecule has 0 radical (unpaired) electrons. The van der Waals surface area contributed by atoms with E-state index in [1.54, 1.807) is 0 Å². The van der Waals surface area contributed by atoms with Gasteiger partial charge in [0.05, 0.1) is 12.2 Å². The van der Waals surface area contributed by atoms with Crippen molar-refractivity contribution < 1.29 is 4.74 Å². The van der Waals surface area contributed by atoms with Crippen molar-refractivity contribution in [3.05, 3.63) is 0 Å². The Hall–Kier alpha value is -0.0400. The van der Waals surface area contributed by atoms with E-state index in [9.17, 15) is 0 Å². The molecular weight excluding hydrogens is 148 g/mol. The summed E-state index contributed by atoms with van der Waals surface area (Å²) in [7, 11) is 0. The lowest BCUT2D eigenvalue weighted by Crippen LogP contribution is -2.29. The van der Waals surface area contributed by atoms with Gasteiger partial charge in [0.2, 0.25) is 0 Å². The lowest BCUT2D eigenvalue weighted by Gasteiger charge is -2.32. The van der Waals surface area contributed by atoms with E-state index in [4.69, 9.17) is 4.74 Å². The lowest BCUT2D eigenvalue weighted by molar-refractivity contribution is -0.0457. The molecule has 1 nitrogen and oxygen atoms in total. The molecule has 2 unspecified atom stereocenters. The molecule has 1 fully saturated rings. The molecule has 0 spiro atoms. The molecule has 0 amide bonds. The van der Waals surface area contributed by atoms with Crippen LogP contribution in [0.2, 0.25) is 0 Å². The molecule has 0 heterocycles. The highest BCUT2D eigenvalue weighted by atomic mass is 16.5. The summed E-state index contributed by atoms with van der Waals surface area (Å²) in [6.07, 6.45) is 7.71. The van der Waals surface area contributed by atoms with Crippen LogP contribution >= 0.6 is 0 Å². The third kappa shape index (κ3) is 2.78. The minimum absolute atomic E-state index is 0.405. The standard InChI is InChI=1S/C11H22O/c1-4-10-7-5-6-8-11(10)12-9(2)3/h9-11H,4-8H2,1-3H3. The monoisotopic (exact) mass is 170 g/mol. The normalized spacial score (nSPS) is 31.0. The molecule has 0 saturated heterocycles. The predicted octanol–water partition coefficient (Wildman–Crippen LogP) is 3.38. The molecule has 0 aliphatic heterocycles. The Kier molecular flexibility index (Phi) is 4.07. The summed E-state index contributed by atoms with van der Waals surface area (Å²) in [4.78, 5) is 0. The molecule has 0 N–H and O–H groups in total. The van der Waals surface area contributed by atoms with Gasteiger partial charge in [0.1, 0.15) is 0 Å². The first kappa shape index (κ1) is 10.0. The van der Waals surface area contributed by atoms with Gasteiger partial charge in [-0.15, -0.1) is 0 Å². The van der Waals surface area contributed by atoms with Crippen molar-refractivity contribution in [2.75, 3.05) is 0 Å². The van der Waals surface area contributed by atoms with Crippen LogP contribution in [-0.2, 0) is 4.74 Å². The van der Waals surface area contributed by atoms with Crippen LogP contribution in [0.1, 0.15) is 52.9 Å². The Morgan fingerprint density at radius 3 is 2.50 bits per heavy atom. The summed E-state index contributed by atoms with van der Waals surface area (Å²) in [6, 6.07) is 0. The zero-order valence-corrected chi connectivity index (χ0v) is 8.68. The number of rotatable bonds is 3. The fourth-order valence-electron chi connectivity index (χ4n) is 2.17. The first-order chi connectivity index (χ1) is 5.74. The van der Waals surface area contributed by atoms with Crippen LogP contribution in [0.4, 0.5) is 0 Å². The van der Waals surface area contributed by atoms with Crippen LogP contribution in [-0.4, -0.2) is 12.2 Å². The molecule has 1 aliphatic rings. The molecule has 0 bridgehead atoms. The molecule has 1 saturated carbocycles. The minimum Gasteiger partial charge on any atom is -0.375 e. The van der Waals surface area contributed by atoms with Crippen LogP contribution < -0.4 is 0 Å². The van der Waals surface area contributed by atoms with Crippen molar-refractivity contribution in [1.82, 2.24) is 0 Å². The third-order valence-electron chi connectivity index (χ3n) is 2.81. The first-order valence-corrected chi connectivity index (χ1v) is 5.39. The summed E-state index contributed by atoms with van der Waals surface area (Å²) >= 11 is 0. The Morgan fingerprint density at radius 2 is 1.92 bits per heavy atom. The maximum atomic E-state index is 5.89. The van der Waals surface area contributed by atoms with Gasteiger partial charge in [0.15, 0.2) is 0 Å². The molecule has 1 heteroatoms. The average molecular weight is 170 g/mol. The summed E-state index contributed by atoms with van der Waals surface area (Å²) in [6.45, 7) is 6.56. The Bertz CT molecular complexity index is 120. The Balaban J connectivity index is 2.36. The highest BCUT2D eigenvalue weighted by Gasteiger charge is 2.24. The van der Waals surface area contributed by atoms with E-state index in [-0.39, 0.29) is 0 Å². The zero-order valence-electron chi connectivity index (χ0n) is 8.68. The molecule has 0 aromatic heterocycles. The van der Waals surface area contributed by atoms with Crippen molar-refractivity contribution >= 4 is 0 Å². The number of ether oxygens (including phenoxy) is 1. The zero-order chi connectivity index (χ0) is 8.97. The van der Waals surface area contributed by atoms with E-state index in [0.29, 0.717) is 12.2 Å². The quantitative estimate of drug-likeness (QED) is 0.631. The van der Waals surface area contributed by atoms with Crippen LogP contribution in [0.15, 0.2) is 0 Å². The van der Waals surface area contributed by atoms with E-state index in [1.165, 1.54) is 32.1 Å². The highest BCUT2D eigenvalue weighted by Crippen LogP contribution is 2.29. The SMILES string of the molecule is CCC1CCCCC1OC(C)C. The summed E-state index contributed by atoms with van der Waals surface area (Å²) < 4.78 is 5.89. The molecule has 0 aromatic carbocycles.